The Hall–Kier alpha value is -3.54. The average Bonchev–Trinajstić information content (AvgIpc) is 3.30. The van der Waals surface area contributed by atoms with E-state index in [4.69, 9.17) is 4.98 Å². The fourth-order valence-electron chi connectivity index (χ4n) is 5.05. The van der Waals surface area contributed by atoms with Gasteiger partial charge in [-0.2, -0.15) is 5.10 Å². The van der Waals surface area contributed by atoms with Crippen LogP contribution in [0.1, 0.15) is 54.9 Å². The number of nitrogens with zero attached hydrogens (tertiary/aromatic N) is 4. The van der Waals surface area contributed by atoms with Crippen molar-refractivity contribution in [2.24, 2.45) is 5.92 Å². The van der Waals surface area contributed by atoms with Crippen molar-refractivity contribution in [1.29, 1.82) is 0 Å². The third kappa shape index (κ3) is 4.32. The molecule has 0 unspecified atom stereocenters. The van der Waals surface area contributed by atoms with Gasteiger partial charge in [0.1, 0.15) is 0 Å². The minimum Gasteiger partial charge on any atom is -0.352 e. The van der Waals surface area contributed by atoms with Crippen molar-refractivity contribution in [3.05, 3.63) is 66.1 Å². The minimum absolute atomic E-state index is 0.0837. The number of rotatable bonds is 6. The Labute approximate surface area is 200 Å². The second kappa shape index (κ2) is 9.75. The quantitative estimate of drug-likeness (QED) is 0.400. The molecule has 0 atom stereocenters. The van der Waals surface area contributed by atoms with Crippen LogP contribution in [0.4, 0.5) is 0 Å². The van der Waals surface area contributed by atoms with Crippen LogP contribution in [0.5, 0.6) is 0 Å². The molecular formula is C28H31N5O. The lowest BCUT2D eigenvalue weighted by molar-refractivity contribution is 0.0944. The molecule has 1 aromatic carbocycles. The molecule has 1 aliphatic rings. The summed E-state index contributed by atoms with van der Waals surface area (Å²) in [5.41, 5.74) is 5.77. The highest BCUT2D eigenvalue weighted by molar-refractivity contribution is 6.12. The summed E-state index contributed by atoms with van der Waals surface area (Å²) in [5.74, 6) is 0.459. The van der Waals surface area contributed by atoms with Crippen LogP contribution < -0.4 is 5.32 Å². The van der Waals surface area contributed by atoms with Crippen molar-refractivity contribution in [1.82, 2.24) is 25.1 Å². The summed E-state index contributed by atoms with van der Waals surface area (Å²) < 4.78 is 1.89. The Morgan fingerprint density at radius 2 is 1.85 bits per heavy atom. The monoisotopic (exact) mass is 453 g/mol. The highest BCUT2D eigenvalue weighted by Crippen LogP contribution is 2.37. The molecule has 34 heavy (non-hydrogen) atoms. The normalized spacial score (nSPS) is 14.4. The first kappa shape index (κ1) is 22.3. The summed E-state index contributed by atoms with van der Waals surface area (Å²) in [6.45, 7) is 5.47. The molecule has 4 aromatic rings. The van der Waals surface area contributed by atoms with Crippen molar-refractivity contribution < 1.29 is 4.79 Å². The molecule has 3 aromatic heterocycles. The predicted octanol–water partition coefficient (Wildman–Crippen LogP) is 5.80. The molecule has 0 spiro atoms. The highest BCUT2D eigenvalue weighted by Gasteiger charge is 2.26. The fourth-order valence-corrected chi connectivity index (χ4v) is 5.05. The standard InChI is InChI=1S/C28H31N5O/c1-3-33-27-23(18-31-33)24(22-14-19(2)15-29-17-22)25(26(32-27)21-12-8-5-9-13-21)28(34)30-16-20-10-6-4-7-11-20/h5,8-9,12-15,17-18,20H,3-4,6-7,10-11,16H2,1-2H3,(H,30,34). The second-order valence-electron chi connectivity index (χ2n) is 9.24. The number of fused-ring (bicyclic) bond motifs is 1. The lowest BCUT2D eigenvalue weighted by Crippen LogP contribution is -2.31. The molecule has 1 fully saturated rings. The van der Waals surface area contributed by atoms with Crippen LogP contribution in [0.25, 0.3) is 33.4 Å². The van der Waals surface area contributed by atoms with Gasteiger partial charge in [0.2, 0.25) is 0 Å². The van der Waals surface area contributed by atoms with Gasteiger partial charge in [-0.15, -0.1) is 0 Å². The number of nitrogens with one attached hydrogen (secondary N) is 1. The number of aryl methyl sites for hydroxylation is 2. The highest BCUT2D eigenvalue weighted by atomic mass is 16.1. The Morgan fingerprint density at radius 3 is 2.59 bits per heavy atom. The molecule has 0 bridgehead atoms. The lowest BCUT2D eigenvalue weighted by atomic mass is 9.89. The summed E-state index contributed by atoms with van der Waals surface area (Å²) in [6.07, 6.45) is 11.7. The third-order valence-corrected chi connectivity index (χ3v) is 6.80. The molecule has 6 heteroatoms. The molecule has 0 radical (unpaired) electrons. The van der Waals surface area contributed by atoms with Crippen LogP contribution in [0.3, 0.4) is 0 Å². The van der Waals surface area contributed by atoms with Gasteiger partial charge in [0.25, 0.3) is 5.91 Å². The summed E-state index contributed by atoms with van der Waals surface area (Å²) in [5, 5.41) is 8.71. The van der Waals surface area contributed by atoms with Gasteiger partial charge in [-0.25, -0.2) is 9.67 Å². The van der Waals surface area contributed by atoms with Gasteiger partial charge in [0.05, 0.1) is 17.5 Å². The molecule has 1 N–H and O–H groups in total. The van der Waals surface area contributed by atoms with E-state index in [1.165, 1.54) is 32.1 Å². The van der Waals surface area contributed by atoms with Gasteiger partial charge in [-0.3, -0.25) is 9.78 Å². The van der Waals surface area contributed by atoms with E-state index in [1.54, 1.807) is 0 Å². The number of pyridine rings is 2. The molecule has 5 rings (SSSR count). The van der Waals surface area contributed by atoms with E-state index in [-0.39, 0.29) is 5.91 Å². The molecule has 6 nitrogen and oxygen atoms in total. The second-order valence-corrected chi connectivity index (χ2v) is 9.24. The van der Waals surface area contributed by atoms with Gasteiger partial charge in [0.15, 0.2) is 5.65 Å². The van der Waals surface area contributed by atoms with Crippen LogP contribution in [0.15, 0.2) is 55.0 Å². The summed E-state index contributed by atoms with van der Waals surface area (Å²) in [4.78, 5) is 23.3. The fraction of sp³-hybridized carbons (Fsp3) is 0.357. The van der Waals surface area contributed by atoms with Crippen molar-refractivity contribution in [3.63, 3.8) is 0 Å². The molecule has 174 valence electrons. The number of hydrogen-bond acceptors (Lipinski definition) is 4. The zero-order chi connectivity index (χ0) is 23.5. The number of carbonyl (C=O) groups excluding carboxylic acids is 1. The third-order valence-electron chi connectivity index (χ3n) is 6.80. The first-order valence-corrected chi connectivity index (χ1v) is 12.3. The average molecular weight is 454 g/mol. The van der Waals surface area contributed by atoms with E-state index in [1.807, 2.05) is 60.5 Å². The van der Waals surface area contributed by atoms with E-state index in [0.29, 0.717) is 30.3 Å². The zero-order valence-corrected chi connectivity index (χ0v) is 19.9. The number of carbonyl (C=O) groups is 1. The molecule has 1 saturated carbocycles. The minimum atomic E-state index is -0.0837. The van der Waals surface area contributed by atoms with E-state index in [9.17, 15) is 4.79 Å². The molecule has 0 saturated heterocycles. The number of amides is 1. The maximum atomic E-state index is 13.9. The van der Waals surface area contributed by atoms with Crippen molar-refractivity contribution in [2.75, 3.05) is 6.54 Å². The van der Waals surface area contributed by atoms with Crippen LogP contribution in [-0.4, -0.2) is 32.2 Å². The van der Waals surface area contributed by atoms with E-state index in [2.05, 4.69) is 28.4 Å². The van der Waals surface area contributed by atoms with Crippen LogP contribution >= 0.6 is 0 Å². The smallest absolute Gasteiger partial charge is 0.254 e. The maximum absolute atomic E-state index is 13.9. The molecule has 1 aliphatic carbocycles. The first-order valence-electron chi connectivity index (χ1n) is 12.3. The van der Waals surface area contributed by atoms with Crippen molar-refractivity contribution in [3.8, 4) is 22.4 Å². The summed E-state index contributed by atoms with van der Waals surface area (Å²) in [6, 6.07) is 12.0. The summed E-state index contributed by atoms with van der Waals surface area (Å²) >= 11 is 0. The first-order chi connectivity index (χ1) is 16.7. The van der Waals surface area contributed by atoms with Gasteiger partial charge >= 0.3 is 0 Å². The van der Waals surface area contributed by atoms with Crippen LogP contribution in [0, 0.1) is 12.8 Å². The van der Waals surface area contributed by atoms with Crippen LogP contribution in [-0.2, 0) is 6.54 Å². The van der Waals surface area contributed by atoms with Gasteiger partial charge in [0, 0.05) is 47.6 Å². The van der Waals surface area contributed by atoms with Crippen molar-refractivity contribution in [2.45, 2.75) is 52.5 Å². The zero-order valence-electron chi connectivity index (χ0n) is 19.9. The molecular weight excluding hydrogens is 422 g/mol. The largest absolute Gasteiger partial charge is 0.352 e. The number of hydrogen-bond donors (Lipinski definition) is 1. The Morgan fingerprint density at radius 1 is 1.06 bits per heavy atom. The lowest BCUT2D eigenvalue weighted by Gasteiger charge is -2.23. The SMILES string of the molecule is CCn1ncc2c(-c3cncc(C)c3)c(C(=O)NCC3CCCCC3)c(-c3ccccc3)nc21. The van der Waals surface area contributed by atoms with Crippen LogP contribution in [0.2, 0.25) is 0 Å². The Balaban J connectivity index is 1.71. The van der Waals surface area contributed by atoms with Gasteiger partial charge < -0.3 is 5.32 Å². The van der Waals surface area contributed by atoms with Crippen molar-refractivity contribution >= 4 is 16.9 Å². The van der Waals surface area contributed by atoms with Gasteiger partial charge in [-0.1, -0.05) is 49.6 Å². The number of aromatic nitrogens is 4. The number of benzene rings is 1. The predicted molar refractivity (Wildman–Crippen MR) is 136 cm³/mol. The van der Waals surface area contributed by atoms with E-state index >= 15 is 0 Å². The maximum Gasteiger partial charge on any atom is 0.254 e. The molecule has 3 heterocycles. The van der Waals surface area contributed by atoms with E-state index < -0.39 is 0 Å². The van der Waals surface area contributed by atoms with Gasteiger partial charge in [-0.05, 0) is 44.2 Å². The van der Waals surface area contributed by atoms with E-state index in [0.717, 1.165) is 33.3 Å². The molecule has 0 aliphatic heterocycles. The summed E-state index contributed by atoms with van der Waals surface area (Å²) in [7, 11) is 0. The Bertz CT molecular complexity index is 1310. The molecule has 1 amide bonds. The Kier molecular flexibility index (Phi) is 6.39. The topological polar surface area (TPSA) is 72.7 Å².